The summed E-state index contributed by atoms with van der Waals surface area (Å²) in [6, 6.07) is 14.4. The Morgan fingerprint density at radius 1 is 0.971 bits per heavy atom. The average molecular weight is 477 g/mol. The minimum absolute atomic E-state index is 0.168. The van der Waals surface area contributed by atoms with Crippen molar-refractivity contribution in [1.82, 2.24) is 0 Å². The molecular weight excluding hydrogens is 436 g/mol. The van der Waals surface area contributed by atoms with Crippen LogP contribution in [0.4, 0.5) is 0 Å². The fourth-order valence-corrected chi connectivity index (χ4v) is 5.52. The highest BCUT2D eigenvalue weighted by Gasteiger charge is 2.34. The minimum Gasteiger partial charge on any atom is -0.469 e. The molecule has 4 heteroatoms. The van der Waals surface area contributed by atoms with E-state index in [0.29, 0.717) is 24.3 Å². The molecule has 3 rings (SSSR count). The van der Waals surface area contributed by atoms with Crippen molar-refractivity contribution >= 4 is 23.1 Å². The van der Waals surface area contributed by atoms with Gasteiger partial charge in [-0.05, 0) is 97.9 Å². The SMILES string of the molecule is CCC(C)(Cc1ccccc1/C(C)=C(/c1ccc(C(=O)OC)cc1C)C1CCCCC1)C(=O)OC. The van der Waals surface area contributed by atoms with Gasteiger partial charge in [-0.3, -0.25) is 4.79 Å². The van der Waals surface area contributed by atoms with Crippen LogP contribution < -0.4 is 0 Å². The lowest BCUT2D eigenvalue weighted by Crippen LogP contribution is -2.31. The number of rotatable bonds is 8. The molecule has 1 unspecified atom stereocenters. The van der Waals surface area contributed by atoms with Crippen LogP contribution in [0.15, 0.2) is 42.5 Å². The number of allylic oxidation sites excluding steroid dienone is 2. The maximum Gasteiger partial charge on any atom is 0.337 e. The number of aryl methyl sites for hydroxylation is 1. The number of ether oxygens (including phenoxy) is 2. The lowest BCUT2D eigenvalue weighted by Gasteiger charge is -2.30. The number of esters is 2. The van der Waals surface area contributed by atoms with Crippen molar-refractivity contribution in [3.05, 3.63) is 70.3 Å². The van der Waals surface area contributed by atoms with Gasteiger partial charge in [0.25, 0.3) is 0 Å². The summed E-state index contributed by atoms with van der Waals surface area (Å²) in [6.07, 6.45) is 7.43. The lowest BCUT2D eigenvalue weighted by molar-refractivity contribution is -0.151. The summed E-state index contributed by atoms with van der Waals surface area (Å²) in [5.41, 5.74) is 7.25. The van der Waals surface area contributed by atoms with Gasteiger partial charge in [0.1, 0.15) is 0 Å². The monoisotopic (exact) mass is 476 g/mol. The summed E-state index contributed by atoms with van der Waals surface area (Å²) in [5.74, 6) is -0.0117. The third-order valence-electron chi connectivity index (χ3n) is 7.82. The zero-order valence-corrected chi connectivity index (χ0v) is 22.2. The molecule has 0 aliphatic heterocycles. The molecule has 1 aliphatic rings. The largest absolute Gasteiger partial charge is 0.469 e. The Morgan fingerprint density at radius 2 is 1.66 bits per heavy atom. The molecule has 0 N–H and O–H groups in total. The second-order valence-corrected chi connectivity index (χ2v) is 10.1. The molecule has 0 aromatic heterocycles. The molecule has 0 saturated heterocycles. The molecule has 1 saturated carbocycles. The zero-order valence-electron chi connectivity index (χ0n) is 22.2. The number of carbonyl (C=O) groups excluding carboxylic acids is 2. The third kappa shape index (κ3) is 5.86. The molecule has 4 nitrogen and oxygen atoms in total. The second kappa shape index (κ2) is 11.7. The molecule has 0 heterocycles. The number of benzene rings is 2. The van der Waals surface area contributed by atoms with E-state index in [0.717, 1.165) is 11.1 Å². The summed E-state index contributed by atoms with van der Waals surface area (Å²) in [5, 5.41) is 0. The molecule has 1 aliphatic carbocycles. The fourth-order valence-electron chi connectivity index (χ4n) is 5.52. The molecule has 0 radical (unpaired) electrons. The van der Waals surface area contributed by atoms with Gasteiger partial charge in [0, 0.05) is 0 Å². The van der Waals surface area contributed by atoms with Crippen molar-refractivity contribution in [2.75, 3.05) is 14.2 Å². The van der Waals surface area contributed by atoms with Crippen molar-refractivity contribution in [2.45, 2.75) is 72.6 Å². The average Bonchev–Trinajstić information content (AvgIpc) is 2.89. The summed E-state index contributed by atoms with van der Waals surface area (Å²) in [4.78, 5) is 24.8. The highest BCUT2D eigenvalue weighted by Crippen LogP contribution is 2.42. The van der Waals surface area contributed by atoms with Crippen LogP contribution >= 0.6 is 0 Å². The molecule has 0 spiro atoms. The van der Waals surface area contributed by atoms with Crippen LogP contribution in [0.1, 0.15) is 91.9 Å². The third-order valence-corrected chi connectivity index (χ3v) is 7.82. The Hall–Kier alpha value is -2.88. The molecule has 2 aromatic rings. The summed E-state index contributed by atoms with van der Waals surface area (Å²) < 4.78 is 10.1. The standard InChI is InChI=1S/C31H40O4/c1-7-31(4,30(33)35-6)20-25-15-11-12-16-27(25)22(3)28(23-13-9-8-10-14-23)26-18-17-24(19-21(26)2)29(32)34-5/h11-12,15-19,23H,7-10,13-14,20H2,1-6H3/b28-22+. The van der Waals surface area contributed by atoms with Crippen molar-refractivity contribution < 1.29 is 19.1 Å². The van der Waals surface area contributed by atoms with Crippen LogP contribution in [0.5, 0.6) is 0 Å². The number of hydrogen-bond donors (Lipinski definition) is 0. The van der Waals surface area contributed by atoms with E-state index in [1.807, 2.05) is 26.0 Å². The Kier molecular flexibility index (Phi) is 8.93. The van der Waals surface area contributed by atoms with Crippen LogP contribution in [-0.2, 0) is 20.7 Å². The molecule has 0 bridgehead atoms. The Labute approximate surface area is 210 Å². The Bertz CT molecular complexity index is 1090. The van der Waals surface area contributed by atoms with E-state index in [4.69, 9.17) is 9.47 Å². The number of methoxy groups -OCH3 is 2. The van der Waals surface area contributed by atoms with Crippen molar-refractivity contribution in [1.29, 1.82) is 0 Å². The van der Waals surface area contributed by atoms with Gasteiger partial charge in [-0.1, -0.05) is 56.5 Å². The molecule has 2 aromatic carbocycles. The quantitative estimate of drug-likeness (QED) is 0.294. The number of hydrogen-bond acceptors (Lipinski definition) is 4. The topological polar surface area (TPSA) is 52.6 Å². The predicted octanol–water partition coefficient (Wildman–Crippen LogP) is 7.42. The minimum atomic E-state index is -0.575. The maximum absolute atomic E-state index is 12.6. The fraction of sp³-hybridized carbons (Fsp3) is 0.484. The van der Waals surface area contributed by atoms with E-state index >= 15 is 0 Å². The van der Waals surface area contributed by atoms with Crippen molar-refractivity contribution in [2.24, 2.45) is 11.3 Å². The first-order valence-corrected chi connectivity index (χ1v) is 12.8. The van der Waals surface area contributed by atoms with Crippen LogP contribution in [0, 0.1) is 18.3 Å². The van der Waals surface area contributed by atoms with Crippen molar-refractivity contribution in [3.8, 4) is 0 Å². The molecular formula is C31H40O4. The summed E-state index contributed by atoms with van der Waals surface area (Å²) in [7, 11) is 2.88. The second-order valence-electron chi connectivity index (χ2n) is 10.1. The van der Waals surface area contributed by atoms with Crippen molar-refractivity contribution in [3.63, 3.8) is 0 Å². The molecule has 1 fully saturated rings. The summed E-state index contributed by atoms with van der Waals surface area (Å²) in [6.45, 7) is 8.33. The maximum atomic E-state index is 12.6. The van der Waals surface area contributed by atoms with Gasteiger partial charge in [0.05, 0.1) is 25.2 Å². The van der Waals surface area contributed by atoms with E-state index < -0.39 is 5.41 Å². The van der Waals surface area contributed by atoms with Crippen LogP contribution in [-0.4, -0.2) is 26.2 Å². The predicted molar refractivity (Wildman–Crippen MR) is 142 cm³/mol. The van der Waals surface area contributed by atoms with E-state index in [2.05, 4.69) is 44.2 Å². The summed E-state index contributed by atoms with van der Waals surface area (Å²) >= 11 is 0. The van der Waals surface area contributed by atoms with Gasteiger partial charge in [-0.15, -0.1) is 0 Å². The van der Waals surface area contributed by atoms with Gasteiger partial charge in [0.2, 0.25) is 0 Å². The van der Waals surface area contributed by atoms with Gasteiger partial charge < -0.3 is 9.47 Å². The van der Waals surface area contributed by atoms with Crippen LogP contribution in [0.25, 0.3) is 11.1 Å². The first-order valence-electron chi connectivity index (χ1n) is 12.8. The first-order chi connectivity index (χ1) is 16.8. The molecule has 35 heavy (non-hydrogen) atoms. The van der Waals surface area contributed by atoms with Gasteiger partial charge >= 0.3 is 11.9 Å². The normalized spacial score (nSPS) is 16.7. The van der Waals surface area contributed by atoms with Crippen LogP contribution in [0.3, 0.4) is 0 Å². The Morgan fingerprint density at radius 3 is 2.26 bits per heavy atom. The number of carbonyl (C=O) groups is 2. The highest BCUT2D eigenvalue weighted by molar-refractivity contribution is 5.95. The van der Waals surface area contributed by atoms with Gasteiger partial charge in [-0.25, -0.2) is 4.79 Å². The zero-order chi connectivity index (χ0) is 25.6. The first kappa shape index (κ1) is 26.7. The van der Waals surface area contributed by atoms with E-state index in [1.165, 1.54) is 68.6 Å². The van der Waals surface area contributed by atoms with E-state index in [-0.39, 0.29) is 11.9 Å². The molecule has 1 atom stereocenters. The van der Waals surface area contributed by atoms with Gasteiger partial charge in [-0.2, -0.15) is 0 Å². The highest BCUT2D eigenvalue weighted by atomic mass is 16.5. The Balaban J connectivity index is 2.17. The smallest absolute Gasteiger partial charge is 0.337 e. The van der Waals surface area contributed by atoms with Gasteiger partial charge in [0.15, 0.2) is 0 Å². The van der Waals surface area contributed by atoms with Crippen LogP contribution in [0.2, 0.25) is 0 Å². The van der Waals surface area contributed by atoms with E-state index in [1.54, 1.807) is 0 Å². The molecule has 188 valence electrons. The molecule has 0 amide bonds. The van der Waals surface area contributed by atoms with E-state index in [9.17, 15) is 9.59 Å². The lowest BCUT2D eigenvalue weighted by atomic mass is 9.75.